The van der Waals surface area contributed by atoms with E-state index in [1.54, 1.807) is 7.11 Å². The molecular formula is C18H29N3O. The Labute approximate surface area is 134 Å². The van der Waals surface area contributed by atoms with Gasteiger partial charge < -0.3 is 15.4 Å². The molecular weight excluding hydrogens is 274 g/mol. The summed E-state index contributed by atoms with van der Waals surface area (Å²) in [6.45, 7) is 6.58. The van der Waals surface area contributed by atoms with Gasteiger partial charge in [-0.3, -0.25) is 4.99 Å². The van der Waals surface area contributed by atoms with E-state index in [0.717, 1.165) is 19.0 Å². The van der Waals surface area contributed by atoms with Crippen LogP contribution in [0.1, 0.15) is 43.7 Å². The van der Waals surface area contributed by atoms with Gasteiger partial charge in [-0.2, -0.15) is 0 Å². The largest absolute Gasteiger partial charge is 0.383 e. The molecule has 2 N–H and O–H groups in total. The molecule has 0 aromatic heterocycles. The minimum absolute atomic E-state index is 0.251. The van der Waals surface area contributed by atoms with Crippen LogP contribution >= 0.6 is 0 Å². The average molecular weight is 303 g/mol. The van der Waals surface area contributed by atoms with Gasteiger partial charge in [0.25, 0.3) is 0 Å². The van der Waals surface area contributed by atoms with Gasteiger partial charge in [-0.1, -0.05) is 24.3 Å². The highest BCUT2D eigenvalue weighted by molar-refractivity contribution is 5.80. The first kappa shape index (κ1) is 16.8. The van der Waals surface area contributed by atoms with Gasteiger partial charge in [0.2, 0.25) is 0 Å². The van der Waals surface area contributed by atoms with Crippen molar-refractivity contribution in [1.82, 2.24) is 10.6 Å². The second-order valence-corrected chi connectivity index (χ2v) is 6.01. The van der Waals surface area contributed by atoms with E-state index in [9.17, 15) is 0 Å². The van der Waals surface area contributed by atoms with E-state index in [1.807, 2.05) is 0 Å². The molecule has 0 saturated carbocycles. The average Bonchev–Trinajstić information content (AvgIpc) is 2.53. The Kier molecular flexibility index (Phi) is 6.72. The summed E-state index contributed by atoms with van der Waals surface area (Å²) in [4.78, 5) is 4.80. The SMILES string of the molecule is CCNC(=NCC1CCCc2ccccc21)NC(C)COC. The number of benzene rings is 1. The van der Waals surface area contributed by atoms with Crippen molar-refractivity contribution in [2.24, 2.45) is 4.99 Å². The molecule has 0 radical (unpaired) electrons. The number of aliphatic imine (C=N–C) groups is 1. The molecule has 4 nitrogen and oxygen atoms in total. The Morgan fingerprint density at radius 1 is 1.41 bits per heavy atom. The molecule has 2 atom stereocenters. The predicted molar refractivity (Wildman–Crippen MR) is 92.6 cm³/mol. The van der Waals surface area contributed by atoms with E-state index in [-0.39, 0.29) is 6.04 Å². The number of fused-ring (bicyclic) bond motifs is 1. The van der Waals surface area contributed by atoms with Gasteiger partial charge in [-0.25, -0.2) is 0 Å². The lowest BCUT2D eigenvalue weighted by molar-refractivity contribution is 0.179. The second kappa shape index (κ2) is 8.79. The summed E-state index contributed by atoms with van der Waals surface area (Å²) < 4.78 is 5.18. The Morgan fingerprint density at radius 2 is 2.23 bits per heavy atom. The lowest BCUT2D eigenvalue weighted by Gasteiger charge is -2.25. The standard InChI is InChI=1S/C18H29N3O/c1-4-19-18(21-14(2)13-22-3)20-12-16-10-7-9-15-8-5-6-11-17(15)16/h5-6,8,11,14,16H,4,7,9-10,12-13H2,1-3H3,(H2,19,20,21). The van der Waals surface area contributed by atoms with Crippen LogP contribution in [0.5, 0.6) is 0 Å². The minimum Gasteiger partial charge on any atom is -0.383 e. The van der Waals surface area contributed by atoms with Crippen LogP contribution in [0.2, 0.25) is 0 Å². The molecule has 0 spiro atoms. The molecule has 122 valence electrons. The number of aryl methyl sites for hydroxylation is 1. The fourth-order valence-corrected chi connectivity index (χ4v) is 3.09. The predicted octanol–water partition coefficient (Wildman–Crippen LogP) is 2.70. The third-order valence-electron chi connectivity index (χ3n) is 4.11. The molecule has 4 heteroatoms. The van der Waals surface area contributed by atoms with Crippen molar-refractivity contribution in [3.63, 3.8) is 0 Å². The number of guanidine groups is 1. The van der Waals surface area contributed by atoms with Gasteiger partial charge >= 0.3 is 0 Å². The van der Waals surface area contributed by atoms with Crippen molar-refractivity contribution in [1.29, 1.82) is 0 Å². The maximum absolute atomic E-state index is 5.18. The van der Waals surface area contributed by atoms with Gasteiger partial charge in [0.05, 0.1) is 6.61 Å². The minimum atomic E-state index is 0.251. The van der Waals surface area contributed by atoms with Gasteiger partial charge in [0.15, 0.2) is 5.96 Å². The van der Waals surface area contributed by atoms with Crippen molar-refractivity contribution in [2.45, 2.75) is 45.1 Å². The summed E-state index contributed by atoms with van der Waals surface area (Å²) in [5, 5.41) is 6.72. The highest BCUT2D eigenvalue weighted by Crippen LogP contribution is 2.31. The van der Waals surface area contributed by atoms with E-state index >= 15 is 0 Å². The molecule has 2 unspecified atom stereocenters. The molecule has 1 aromatic carbocycles. The zero-order valence-electron chi connectivity index (χ0n) is 14.1. The topological polar surface area (TPSA) is 45.7 Å². The highest BCUT2D eigenvalue weighted by Gasteiger charge is 2.19. The summed E-state index contributed by atoms with van der Waals surface area (Å²) in [5.74, 6) is 1.42. The summed E-state index contributed by atoms with van der Waals surface area (Å²) in [6, 6.07) is 9.06. The summed E-state index contributed by atoms with van der Waals surface area (Å²) >= 11 is 0. The quantitative estimate of drug-likeness (QED) is 0.627. The monoisotopic (exact) mass is 303 g/mol. The fourth-order valence-electron chi connectivity index (χ4n) is 3.09. The van der Waals surface area contributed by atoms with Gasteiger partial charge in [-0.05, 0) is 44.2 Å². The number of hydrogen-bond acceptors (Lipinski definition) is 2. The summed E-state index contributed by atoms with van der Waals surface area (Å²) in [5.41, 5.74) is 2.98. The molecule has 0 saturated heterocycles. The number of methoxy groups -OCH3 is 1. The zero-order chi connectivity index (χ0) is 15.8. The molecule has 22 heavy (non-hydrogen) atoms. The first-order chi connectivity index (χ1) is 10.7. The molecule has 2 rings (SSSR count). The van der Waals surface area contributed by atoms with Crippen LogP contribution in [-0.4, -0.2) is 38.8 Å². The first-order valence-corrected chi connectivity index (χ1v) is 8.36. The van der Waals surface area contributed by atoms with Crippen molar-refractivity contribution in [2.75, 3.05) is 26.8 Å². The Bertz CT molecular complexity index is 487. The van der Waals surface area contributed by atoms with E-state index < -0.39 is 0 Å². The Balaban J connectivity index is 2.01. The molecule has 0 aliphatic heterocycles. The van der Waals surface area contributed by atoms with Crippen LogP contribution < -0.4 is 10.6 Å². The summed E-state index contributed by atoms with van der Waals surface area (Å²) in [6.07, 6.45) is 3.70. The fraction of sp³-hybridized carbons (Fsp3) is 0.611. The van der Waals surface area contributed by atoms with Crippen LogP contribution in [0.4, 0.5) is 0 Å². The van der Waals surface area contributed by atoms with Crippen molar-refractivity contribution >= 4 is 5.96 Å². The zero-order valence-corrected chi connectivity index (χ0v) is 14.1. The van der Waals surface area contributed by atoms with Crippen molar-refractivity contribution < 1.29 is 4.74 Å². The summed E-state index contributed by atoms with van der Waals surface area (Å²) in [7, 11) is 1.72. The van der Waals surface area contributed by atoms with Crippen LogP contribution in [0.25, 0.3) is 0 Å². The van der Waals surface area contributed by atoms with Crippen LogP contribution in [-0.2, 0) is 11.2 Å². The molecule has 0 heterocycles. The molecule has 1 aliphatic carbocycles. The van der Waals surface area contributed by atoms with Gasteiger partial charge in [-0.15, -0.1) is 0 Å². The molecule has 1 aliphatic rings. The first-order valence-electron chi connectivity index (χ1n) is 8.36. The van der Waals surface area contributed by atoms with E-state index in [4.69, 9.17) is 9.73 Å². The third-order valence-corrected chi connectivity index (χ3v) is 4.11. The normalized spacial score (nSPS) is 19.4. The lowest BCUT2D eigenvalue weighted by atomic mass is 9.83. The van der Waals surface area contributed by atoms with Crippen LogP contribution in [0.3, 0.4) is 0 Å². The van der Waals surface area contributed by atoms with Crippen LogP contribution in [0.15, 0.2) is 29.3 Å². The number of ether oxygens (including phenoxy) is 1. The van der Waals surface area contributed by atoms with Gasteiger partial charge in [0.1, 0.15) is 0 Å². The van der Waals surface area contributed by atoms with Crippen molar-refractivity contribution in [3.05, 3.63) is 35.4 Å². The van der Waals surface area contributed by atoms with Crippen molar-refractivity contribution in [3.8, 4) is 0 Å². The van der Waals surface area contributed by atoms with Gasteiger partial charge in [0, 0.05) is 32.2 Å². The number of hydrogen-bond donors (Lipinski definition) is 2. The number of nitrogens with one attached hydrogen (secondary N) is 2. The maximum Gasteiger partial charge on any atom is 0.191 e. The molecule has 1 aromatic rings. The third kappa shape index (κ3) is 4.73. The number of rotatable bonds is 6. The van der Waals surface area contributed by atoms with E-state index in [0.29, 0.717) is 12.5 Å². The molecule has 0 bridgehead atoms. The lowest BCUT2D eigenvalue weighted by Crippen LogP contribution is -2.44. The molecule has 0 fully saturated rings. The Hall–Kier alpha value is -1.55. The Morgan fingerprint density at radius 3 is 3.00 bits per heavy atom. The maximum atomic E-state index is 5.18. The van der Waals surface area contributed by atoms with E-state index in [2.05, 4.69) is 48.7 Å². The molecule has 0 amide bonds. The van der Waals surface area contributed by atoms with Crippen LogP contribution in [0, 0.1) is 0 Å². The number of nitrogens with zero attached hydrogens (tertiary/aromatic N) is 1. The smallest absolute Gasteiger partial charge is 0.191 e. The van der Waals surface area contributed by atoms with E-state index in [1.165, 1.54) is 30.4 Å². The second-order valence-electron chi connectivity index (χ2n) is 6.01. The highest BCUT2D eigenvalue weighted by atomic mass is 16.5.